The number of halogens is 2. The van der Waals surface area contributed by atoms with Gasteiger partial charge in [0.05, 0.1) is 5.60 Å². The molecule has 5 heteroatoms. The minimum absolute atomic E-state index is 0.188. The molecule has 3 nitrogen and oxygen atoms in total. The summed E-state index contributed by atoms with van der Waals surface area (Å²) in [6, 6.07) is 5.23. The van der Waals surface area contributed by atoms with Crippen LogP contribution in [0, 0.1) is 6.92 Å². The van der Waals surface area contributed by atoms with Gasteiger partial charge in [-0.2, -0.15) is 8.78 Å². The van der Waals surface area contributed by atoms with E-state index in [4.69, 9.17) is 0 Å². The molecule has 1 saturated heterocycles. The van der Waals surface area contributed by atoms with Crippen molar-refractivity contribution in [1.29, 1.82) is 0 Å². The van der Waals surface area contributed by atoms with Gasteiger partial charge in [0.15, 0.2) is 0 Å². The van der Waals surface area contributed by atoms with Crippen molar-refractivity contribution in [1.82, 2.24) is 5.32 Å². The van der Waals surface area contributed by atoms with Gasteiger partial charge in [0, 0.05) is 13.0 Å². The average molecular weight is 257 g/mol. The molecule has 1 unspecified atom stereocenters. The monoisotopic (exact) mass is 257 g/mol. The lowest BCUT2D eigenvalue weighted by molar-refractivity contribution is -0.0516. The molecule has 0 spiro atoms. The zero-order valence-electron chi connectivity index (χ0n) is 10.2. The van der Waals surface area contributed by atoms with Crippen LogP contribution in [0.25, 0.3) is 0 Å². The highest BCUT2D eigenvalue weighted by molar-refractivity contribution is 5.41. The number of hydrogen-bond acceptors (Lipinski definition) is 3. The van der Waals surface area contributed by atoms with Crippen LogP contribution in [0.5, 0.6) is 5.75 Å². The zero-order chi connectivity index (χ0) is 13.2. The van der Waals surface area contributed by atoms with Crippen molar-refractivity contribution >= 4 is 0 Å². The first-order valence-corrected chi connectivity index (χ1v) is 5.97. The molecule has 0 bridgehead atoms. The second-order valence-corrected chi connectivity index (χ2v) is 4.77. The Kier molecular flexibility index (Phi) is 3.82. The summed E-state index contributed by atoms with van der Waals surface area (Å²) in [6.07, 6.45) is 0.943. The van der Waals surface area contributed by atoms with Crippen molar-refractivity contribution in [2.75, 3.05) is 13.1 Å². The van der Waals surface area contributed by atoms with Gasteiger partial charge in [-0.3, -0.25) is 0 Å². The molecule has 1 aliphatic heterocycles. The van der Waals surface area contributed by atoms with E-state index in [1.54, 1.807) is 25.1 Å². The van der Waals surface area contributed by atoms with Crippen molar-refractivity contribution < 1.29 is 18.6 Å². The number of para-hydroxylation sites is 1. The maximum Gasteiger partial charge on any atom is 0.387 e. The Morgan fingerprint density at radius 2 is 2.28 bits per heavy atom. The van der Waals surface area contributed by atoms with Gasteiger partial charge in [-0.15, -0.1) is 0 Å². The zero-order valence-corrected chi connectivity index (χ0v) is 10.2. The number of alkyl halides is 2. The molecule has 1 aromatic carbocycles. The van der Waals surface area contributed by atoms with E-state index in [0.29, 0.717) is 30.5 Å². The molecule has 0 aromatic heterocycles. The highest BCUT2D eigenvalue weighted by Crippen LogP contribution is 2.30. The number of nitrogens with one attached hydrogen (secondary N) is 1. The smallest absolute Gasteiger partial charge is 0.387 e. The van der Waals surface area contributed by atoms with Gasteiger partial charge in [0.2, 0.25) is 0 Å². The van der Waals surface area contributed by atoms with E-state index < -0.39 is 12.2 Å². The molecule has 1 fully saturated rings. The Labute approximate surface area is 105 Å². The molecule has 0 amide bonds. The van der Waals surface area contributed by atoms with Crippen LogP contribution in [0.2, 0.25) is 0 Å². The molecule has 1 atom stereocenters. The molecule has 0 radical (unpaired) electrons. The largest absolute Gasteiger partial charge is 0.434 e. The molecule has 0 aliphatic carbocycles. The van der Waals surface area contributed by atoms with Crippen molar-refractivity contribution in [2.45, 2.75) is 32.0 Å². The third-order valence-electron chi connectivity index (χ3n) is 3.24. The van der Waals surface area contributed by atoms with Crippen LogP contribution in [0.4, 0.5) is 8.78 Å². The highest BCUT2D eigenvalue weighted by atomic mass is 19.3. The number of aryl methyl sites for hydroxylation is 1. The third kappa shape index (κ3) is 2.97. The van der Waals surface area contributed by atoms with Gasteiger partial charge >= 0.3 is 6.61 Å². The van der Waals surface area contributed by atoms with Crippen LogP contribution in [-0.2, 0) is 6.42 Å². The summed E-state index contributed by atoms with van der Waals surface area (Å²) in [5.74, 6) is 0.188. The van der Waals surface area contributed by atoms with Crippen molar-refractivity contribution in [2.24, 2.45) is 0 Å². The minimum Gasteiger partial charge on any atom is -0.434 e. The molecule has 100 valence electrons. The lowest BCUT2D eigenvalue weighted by Crippen LogP contribution is -2.34. The van der Waals surface area contributed by atoms with Crippen LogP contribution < -0.4 is 10.1 Å². The summed E-state index contributed by atoms with van der Waals surface area (Å²) in [5.41, 5.74) is 0.414. The number of β-amino-alcohol motifs (C(OH)–C–C–N with tert-alkyl or cyclic N) is 1. The first-order valence-electron chi connectivity index (χ1n) is 5.97. The summed E-state index contributed by atoms with van der Waals surface area (Å²) < 4.78 is 29.4. The summed E-state index contributed by atoms with van der Waals surface area (Å²) >= 11 is 0. The number of aliphatic hydroxyl groups is 1. The fourth-order valence-corrected chi connectivity index (χ4v) is 2.35. The predicted octanol–water partition coefficient (Wildman–Crippen LogP) is 1.86. The normalized spacial score (nSPS) is 23.6. The highest BCUT2D eigenvalue weighted by Gasteiger charge is 2.32. The van der Waals surface area contributed by atoms with E-state index >= 15 is 0 Å². The quantitative estimate of drug-likeness (QED) is 0.865. The molecule has 2 N–H and O–H groups in total. The fourth-order valence-electron chi connectivity index (χ4n) is 2.35. The van der Waals surface area contributed by atoms with Crippen molar-refractivity contribution in [3.8, 4) is 5.75 Å². The van der Waals surface area contributed by atoms with Gasteiger partial charge in [0.25, 0.3) is 0 Å². The predicted molar refractivity (Wildman–Crippen MR) is 64.0 cm³/mol. The summed E-state index contributed by atoms with van der Waals surface area (Å²) in [7, 11) is 0. The third-order valence-corrected chi connectivity index (χ3v) is 3.24. The van der Waals surface area contributed by atoms with Crippen LogP contribution in [0.15, 0.2) is 18.2 Å². The van der Waals surface area contributed by atoms with E-state index in [2.05, 4.69) is 10.1 Å². The molecule has 1 aromatic rings. The minimum atomic E-state index is -2.85. The lowest BCUT2D eigenvalue weighted by atomic mass is 9.92. The SMILES string of the molecule is Cc1cccc(CC2(O)CCNC2)c1OC(F)F. The summed E-state index contributed by atoms with van der Waals surface area (Å²) in [6.45, 7) is 0.0989. The average Bonchev–Trinajstić information content (AvgIpc) is 2.70. The van der Waals surface area contributed by atoms with E-state index in [1.165, 1.54) is 0 Å². The fraction of sp³-hybridized carbons (Fsp3) is 0.538. The first-order chi connectivity index (χ1) is 8.50. The Hall–Kier alpha value is -1.20. The molecule has 1 aliphatic rings. The van der Waals surface area contributed by atoms with E-state index in [9.17, 15) is 13.9 Å². The Morgan fingerprint density at radius 3 is 2.89 bits per heavy atom. The lowest BCUT2D eigenvalue weighted by Gasteiger charge is -2.23. The second kappa shape index (κ2) is 5.20. The maximum atomic E-state index is 12.4. The van der Waals surface area contributed by atoms with Gasteiger partial charge in [-0.25, -0.2) is 0 Å². The van der Waals surface area contributed by atoms with Gasteiger partial charge < -0.3 is 15.2 Å². The van der Waals surface area contributed by atoms with E-state index in [1.807, 2.05) is 0 Å². The standard InChI is InChI=1S/C13H17F2NO2/c1-9-3-2-4-10(11(9)18-12(14)15)7-13(17)5-6-16-8-13/h2-4,12,16-17H,5-8H2,1H3. The topological polar surface area (TPSA) is 41.5 Å². The Morgan fingerprint density at radius 1 is 1.50 bits per heavy atom. The molecular weight excluding hydrogens is 240 g/mol. The van der Waals surface area contributed by atoms with Crippen molar-refractivity contribution in [3.05, 3.63) is 29.3 Å². The number of hydrogen-bond donors (Lipinski definition) is 2. The molecule has 0 saturated carbocycles. The first kappa shape index (κ1) is 13.2. The van der Waals surface area contributed by atoms with Gasteiger partial charge in [0.1, 0.15) is 5.75 Å². The molecule has 18 heavy (non-hydrogen) atoms. The van der Waals surface area contributed by atoms with Crippen LogP contribution in [-0.4, -0.2) is 30.4 Å². The van der Waals surface area contributed by atoms with Crippen LogP contribution >= 0.6 is 0 Å². The molecule has 2 rings (SSSR count). The number of ether oxygens (including phenoxy) is 1. The molecular formula is C13H17F2NO2. The summed E-state index contributed by atoms with van der Waals surface area (Å²) in [5, 5.41) is 13.4. The maximum absolute atomic E-state index is 12.4. The number of benzene rings is 1. The second-order valence-electron chi connectivity index (χ2n) is 4.77. The van der Waals surface area contributed by atoms with E-state index in [0.717, 1.165) is 6.54 Å². The number of rotatable bonds is 4. The van der Waals surface area contributed by atoms with Crippen LogP contribution in [0.3, 0.4) is 0 Å². The summed E-state index contributed by atoms with van der Waals surface area (Å²) in [4.78, 5) is 0. The Bertz CT molecular complexity index is 417. The molecule has 1 heterocycles. The van der Waals surface area contributed by atoms with Crippen LogP contribution in [0.1, 0.15) is 17.5 Å². The van der Waals surface area contributed by atoms with E-state index in [-0.39, 0.29) is 5.75 Å². The van der Waals surface area contributed by atoms with Gasteiger partial charge in [-0.1, -0.05) is 18.2 Å². The van der Waals surface area contributed by atoms with Gasteiger partial charge in [-0.05, 0) is 31.0 Å². The Balaban J connectivity index is 2.23. The van der Waals surface area contributed by atoms with Crippen molar-refractivity contribution in [3.63, 3.8) is 0 Å².